The van der Waals surface area contributed by atoms with E-state index in [1.54, 1.807) is 0 Å². The molecule has 0 aliphatic heterocycles. The van der Waals surface area contributed by atoms with Crippen molar-refractivity contribution in [2.45, 2.75) is 31.1 Å². The lowest BCUT2D eigenvalue weighted by Gasteiger charge is -2.14. The Bertz CT molecular complexity index is 1650. The molecule has 3 aromatic heterocycles. The average molecular weight is 530 g/mol. The molecule has 0 atom stereocenters. The fourth-order valence-corrected chi connectivity index (χ4v) is 4.55. The number of sulfone groups is 1. The van der Waals surface area contributed by atoms with Crippen molar-refractivity contribution in [1.29, 1.82) is 0 Å². The second-order valence-corrected chi connectivity index (χ2v) is 10.1. The van der Waals surface area contributed by atoms with Gasteiger partial charge in [-0.15, -0.1) is 5.10 Å². The molecular formula is C22H16F6N4O3S. The van der Waals surface area contributed by atoms with Crippen LogP contribution in [0.4, 0.5) is 26.3 Å². The number of hydrogen-bond donors (Lipinski definition) is 0. The summed E-state index contributed by atoms with van der Waals surface area (Å²) in [6, 6.07) is 5.68. The van der Waals surface area contributed by atoms with Crippen molar-refractivity contribution < 1.29 is 34.8 Å². The van der Waals surface area contributed by atoms with Gasteiger partial charge in [0, 0.05) is 18.0 Å². The third-order valence-corrected chi connectivity index (χ3v) is 7.20. The number of nitrogens with zero attached hydrogens (tertiary/aromatic N) is 4. The molecule has 0 radical (unpaired) electrons. The third kappa shape index (κ3) is 4.47. The zero-order valence-corrected chi connectivity index (χ0v) is 19.3. The Morgan fingerprint density at radius 2 is 1.58 bits per heavy atom. The zero-order chi connectivity index (χ0) is 26.6. The van der Waals surface area contributed by atoms with Crippen molar-refractivity contribution in [3.05, 3.63) is 76.0 Å². The molecule has 0 aliphatic carbocycles. The van der Waals surface area contributed by atoms with Crippen molar-refractivity contribution in [1.82, 2.24) is 19.2 Å². The van der Waals surface area contributed by atoms with Gasteiger partial charge in [-0.1, -0.05) is 13.0 Å². The summed E-state index contributed by atoms with van der Waals surface area (Å²) in [6.45, 7) is 2.84. The van der Waals surface area contributed by atoms with Crippen molar-refractivity contribution in [3.8, 4) is 16.9 Å². The summed E-state index contributed by atoms with van der Waals surface area (Å²) in [6.07, 6.45) is -7.79. The molecule has 7 nitrogen and oxygen atoms in total. The van der Waals surface area contributed by atoms with Crippen LogP contribution in [0.2, 0.25) is 0 Å². The minimum absolute atomic E-state index is 0.0329. The fraction of sp³-hybridized carbons (Fsp3) is 0.227. The molecule has 0 fully saturated rings. The van der Waals surface area contributed by atoms with Crippen molar-refractivity contribution in [2.75, 3.05) is 5.75 Å². The van der Waals surface area contributed by atoms with E-state index >= 15 is 0 Å². The van der Waals surface area contributed by atoms with E-state index in [2.05, 4.69) is 10.1 Å². The second-order valence-electron chi connectivity index (χ2n) is 7.81. The molecule has 1 aromatic carbocycles. The van der Waals surface area contributed by atoms with Crippen molar-refractivity contribution >= 4 is 15.5 Å². The minimum atomic E-state index is -4.74. The van der Waals surface area contributed by atoms with Crippen LogP contribution in [0, 0.1) is 6.92 Å². The van der Waals surface area contributed by atoms with Crippen LogP contribution in [0.1, 0.15) is 23.6 Å². The zero-order valence-electron chi connectivity index (χ0n) is 18.5. The number of benzene rings is 1. The van der Waals surface area contributed by atoms with Crippen LogP contribution in [0.15, 0.2) is 58.5 Å². The van der Waals surface area contributed by atoms with E-state index in [4.69, 9.17) is 0 Å². The molecule has 190 valence electrons. The third-order valence-electron chi connectivity index (χ3n) is 5.47. The summed E-state index contributed by atoms with van der Waals surface area (Å²) in [4.78, 5) is 16.4. The van der Waals surface area contributed by atoms with Gasteiger partial charge >= 0.3 is 18.0 Å². The minimum Gasteiger partial charge on any atom is -0.249 e. The van der Waals surface area contributed by atoms with Gasteiger partial charge in [0.25, 0.3) is 0 Å². The van der Waals surface area contributed by atoms with Crippen molar-refractivity contribution in [3.63, 3.8) is 0 Å². The number of aromatic nitrogens is 4. The first kappa shape index (κ1) is 25.4. The molecule has 36 heavy (non-hydrogen) atoms. The molecule has 3 heterocycles. The van der Waals surface area contributed by atoms with Crippen LogP contribution >= 0.6 is 0 Å². The smallest absolute Gasteiger partial charge is 0.249 e. The Morgan fingerprint density at radius 1 is 0.944 bits per heavy atom. The Hall–Kier alpha value is -3.68. The fourth-order valence-electron chi connectivity index (χ4n) is 3.52. The average Bonchev–Trinajstić information content (AvgIpc) is 3.13. The summed E-state index contributed by atoms with van der Waals surface area (Å²) in [5, 5.41) is 3.90. The van der Waals surface area contributed by atoms with Gasteiger partial charge < -0.3 is 0 Å². The van der Waals surface area contributed by atoms with Gasteiger partial charge in [-0.05, 0) is 48.4 Å². The van der Waals surface area contributed by atoms with Gasteiger partial charge in [-0.3, -0.25) is 0 Å². The molecular weight excluding hydrogens is 514 g/mol. The number of hydrogen-bond acceptors (Lipinski definition) is 5. The molecule has 14 heteroatoms. The molecule has 0 amide bonds. The quantitative estimate of drug-likeness (QED) is 0.358. The summed E-state index contributed by atoms with van der Waals surface area (Å²) in [5.41, 5.74) is -2.89. The molecule has 0 aliphatic rings. The lowest BCUT2D eigenvalue weighted by Crippen LogP contribution is -2.23. The largest absolute Gasteiger partial charge is 0.417 e. The first-order valence-corrected chi connectivity index (χ1v) is 11.9. The summed E-state index contributed by atoms with van der Waals surface area (Å²) >= 11 is 0. The van der Waals surface area contributed by atoms with E-state index in [0.29, 0.717) is 26.9 Å². The number of alkyl halides is 6. The maximum atomic E-state index is 13.2. The molecule has 4 aromatic rings. The number of aryl methyl sites for hydroxylation is 1. The summed E-state index contributed by atoms with van der Waals surface area (Å²) in [5.74, 6) is -0.944. The van der Waals surface area contributed by atoms with Crippen LogP contribution in [-0.2, 0) is 22.2 Å². The Labute approximate surface area is 199 Å². The highest BCUT2D eigenvalue weighted by Gasteiger charge is 2.33. The molecule has 0 saturated heterocycles. The van der Waals surface area contributed by atoms with Gasteiger partial charge in [0.2, 0.25) is 0 Å². The monoisotopic (exact) mass is 530 g/mol. The Balaban J connectivity index is 1.96. The number of pyridine rings is 2. The summed E-state index contributed by atoms with van der Waals surface area (Å²) in [7, 11) is -4.12. The van der Waals surface area contributed by atoms with Crippen LogP contribution in [0.3, 0.4) is 0 Å². The number of fused-ring (bicyclic) bond motifs is 1. The molecule has 0 spiro atoms. The van der Waals surface area contributed by atoms with Gasteiger partial charge in [0.1, 0.15) is 4.90 Å². The Kier molecular flexibility index (Phi) is 5.98. The number of halogens is 6. The highest BCUT2D eigenvalue weighted by Crippen LogP contribution is 2.35. The maximum absolute atomic E-state index is 13.2. The Morgan fingerprint density at radius 3 is 2.19 bits per heavy atom. The molecule has 0 saturated carbocycles. The van der Waals surface area contributed by atoms with E-state index in [-0.39, 0.29) is 16.8 Å². The van der Waals surface area contributed by atoms with Crippen LogP contribution in [-0.4, -0.2) is 33.3 Å². The topological polar surface area (TPSA) is 86.3 Å². The van der Waals surface area contributed by atoms with E-state index < -0.39 is 55.5 Å². The standard InChI is InChI=1S/C22H16F6N4O3S/c1-3-36(34,35)17-8-13(16-9-14(21(23,24)25)5-4-12(16)2)10-29-19(17)32-20(33)31-11-15(22(26,27)28)6-7-18(31)30-32/h4-11H,3H2,1-2H3. The van der Waals surface area contributed by atoms with Gasteiger partial charge in [0.05, 0.1) is 16.9 Å². The van der Waals surface area contributed by atoms with Crippen molar-refractivity contribution in [2.24, 2.45) is 0 Å². The van der Waals surface area contributed by atoms with E-state index in [0.717, 1.165) is 30.5 Å². The van der Waals surface area contributed by atoms with Gasteiger partial charge in [-0.25, -0.2) is 22.6 Å². The number of rotatable bonds is 4. The first-order chi connectivity index (χ1) is 16.6. The van der Waals surface area contributed by atoms with E-state index in [9.17, 15) is 39.6 Å². The predicted molar refractivity (Wildman–Crippen MR) is 116 cm³/mol. The van der Waals surface area contributed by atoms with Crippen LogP contribution in [0.5, 0.6) is 0 Å². The molecule has 0 bridgehead atoms. The van der Waals surface area contributed by atoms with E-state index in [1.807, 2.05) is 0 Å². The normalized spacial score (nSPS) is 12.9. The molecule has 0 unspecified atom stereocenters. The van der Waals surface area contributed by atoms with Gasteiger partial charge in [-0.2, -0.15) is 31.0 Å². The SMILES string of the molecule is CCS(=O)(=O)c1cc(-c2cc(C(F)(F)F)ccc2C)cnc1-n1nc2ccc(C(F)(F)F)cn2c1=O. The first-order valence-electron chi connectivity index (χ1n) is 10.2. The summed E-state index contributed by atoms with van der Waals surface area (Å²) < 4.78 is 106. The lowest BCUT2D eigenvalue weighted by molar-refractivity contribution is -0.138. The predicted octanol–water partition coefficient (Wildman–Crippen LogP) is 4.69. The highest BCUT2D eigenvalue weighted by atomic mass is 32.2. The maximum Gasteiger partial charge on any atom is 0.417 e. The van der Waals surface area contributed by atoms with Gasteiger partial charge in [0.15, 0.2) is 21.3 Å². The second kappa shape index (κ2) is 8.47. The lowest BCUT2D eigenvalue weighted by atomic mass is 9.99. The van der Waals surface area contributed by atoms with E-state index in [1.165, 1.54) is 19.9 Å². The van der Waals surface area contributed by atoms with Crippen LogP contribution < -0.4 is 5.69 Å². The molecule has 4 rings (SSSR count). The van der Waals surface area contributed by atoms with Crippen LogP contribution in [0.25, 0.3) is 22.6 Å². The molecule has 0 N–H and O–H groups in total. The highest BCUT2D eigenvalue weighted by molar-refractivity contribution is 7.91.